The average molecular weight is 258 g/mol. The highest BCUT2D eigenvalue weighted by atomic mass is 14.1. The predicted molar refractivity (Wildman–Crippen MR) is 86.6 cm³/mol. The molecule has 0 heteroatoms. The van der Waals surface area contributed by atoms with E-state index in [9.17, 15) is 0 Å². The summed E-state index contributed by atoms with van der Waals surface area (Å²) in [5.74, 6) is 0.894. The lowest BCUT2D eigenvalue weighted by atomic mass is 9.97. The van der Waals surface area contributed by atoms with Crippen LogP contribution < -0.4 is 0 Å². The first-order valence-corrected chi connectivity index (χ1v) is 7.95. The first-order chi connectivity index (χ1) is 9.26. The molecule has 0 fully saturated rings. The SMILES string of the molecule is CC=CCCc1ccc(CCCC(C)CCC)cc1. The van der Waals surface area contributed by atoms with Crippen LogP contribution in [0.3, 0.4) is 0 Å². The molecule has 0 heterocycles. The van der Waals surface area contributed by atoms with Crippen LogP contribution in [-0.4, -0.2) is 0 Å². The van der Waals surface area contributed by atoms with E-state index in [1.54, 1.807) is 0 Å². The van der Waals surface area contributed by atoms with E-state index in [-0.39, 0.29) is 0 Å². The van der Waals surface area contributed by atoms with Gasteiger partial charge in [-0.1, -0.05) is 69.5 Å². The number of benzene rings is 1. The van der Waals surface area contributed by atoms with Gasteiger partial charge in [0.1, 0.15) is 0 Å². The van der Waals surface area contributed by atoms with Crippen molar-refractivity contribution in [3.05, 3.63) is 47.5 Å². The van der Waals surface area contributed by atoms with Crippen molar-refractivity contribution in [1.82, 2.24) is 0 Å². The maximum Gasteiger partial charge on any atom is -0.0244 e. The van der Waals surface area contributed by atoms with Gasteiger partial charge in [0.25, 0.3) is 0 Å². The van der Waals surface area contributed by atoms with Gasteiger partial charge in [-0.15, -0.1) is 0 Å². The molecule has 1 aromatic rings. The molecule has 1 rings (SSSR count). The molecule has 0 saturated carbocycles. The van der Waals surface area contributed by atoms with Crippen molar-refractivity contribution in [1.29, 1.82) is 0 Å². The molecule has 0 aliphatic carbocycles. The molecule has 106 valence electrons. The highest BCUT2D eigenvalue weighted by molar-refractivity contribution is 5.23. The fraction of sp³-hybridized carbons (Fsp3) is 0.579. The fourth-order valence-corrected chi connectivity index (χ4v) is 2.58. The van der Waals surface area contributed by atoms with E-state index in [1.165, 1.54) is 43.2 Å². The molecule has 0 amide bonds. The molecular weight excluding hydrogens is 228 g/mol. The Hall–Kier alpha value is -1.04. The number of hydrogen-bond donors (Lipinski definition) is 0. The molecule has 0 bridgehead atoms. The van der Waals surface area contributed by atoms with Gasteiger partial charge in [0.05, 0.1) is 0 Å². The van der Waals surface area contributed by atoms with Crippen LogP contribution >= 0.6 is 0 Å². The highest BCUT2D eigenvalue weighted by Gasteiger charge is 2.01. The van der Waals surface area contributed by atoms with Crippen LogP contribution in [0.1, 0.15) is 64.0 Å². The van der Waals surface area contributed by atoms with Crippen molar-refractivity contribution >= 4 is 0 Å². The van der Waals surface area contributed by atoms with Crippen LogP contribution in [-0.2, 0) is 12.8 Å². The minimum atomic E-state index is 0.894. The molecule has 0 nitrogen and oxygen atoms in total. The van der Waals surface area contributed by atoms with Crippen LogP contribution in [0.5, 0.6) is 0 Å². The second kappa shape index (κ2) is 9.83. The Labute approximate surface area is 119 Å². The lowest BCUT2D eigenvalue weighted by Crippen LogP contribution is -1.95. The van der Waals surface area contributed by atoms with Crippen LogP contribution in [0.15, 0.2) is 36.4 Å². The van der Waals surface area contributed by atoms with Gasteiger partial charge in [-0.2, -0.15) is 0 Å². The van der Waals surface area contributed by atoms with E-state index in [4.69, 9.17) is 0 Å². The van der Waals surface area contributed by atoms with Crippen molar-refractivity contribution in [2.24, 2.45) is 5.92 Å². The Morgan fingerprint density at radius 2 is 1.63 bits per heavy atom. The normalized spacial score (nSPS) is 13.0. The third-order valence-electron chi connectivity index (χ3n) is 3.80. The fourth-order valence-electron chi connectivity index (χ4n) is 2.58. The molecule has 0 saturated heterocycles. The van der Waals surface area contributed by atoms with E-state index in [1.807, 2.05) is 0 Å². The van der Waals surface area contributed by atoms with E-state index < -0.39 is 0 Å². The lowest BCUT2D eigenvalue weighted by molar-refractivity contribution is 0.469. The Bertz CT molecular complexity index is 345. The molecule has 1 aromatic carbocycles. The molecule has 0 spiro atoms. The third-order valence-corrected chi connectivity index (χ3v) is 3.80. The minimum absolute atomic E-state index is 0.894. The molecule has 0 aliphatic rings. The molecule has 0 aliphatic heterocycles. The molecule has 0 N–H and O–H groups in total. The van der Waals surface area contributed by atoms with Crippen LogP contribution in [0, 0.1) is 5.92 Å². The van der Waals surface area contributed by atoms with Gasteiger partial charge in [-0.25, -0.2) is 0 Å². The quantitative estimate of drug-likeness (QED) is 0.480. The zero-order valence-electron chi connectivity index (χ0n) is 13.0. The van der Waals surface area contributed by atoms with Gasteiger partial charge >= 0.3 is 0 Å². The Morgan fingerprint density at radius 3 is 2.21 bits per heavy atom. The Balaban J connectivity index is 2.27. The summed E-state index contributed by atoms with van der Waals surface area (Å²) in [5, 5.41) is 0. The third kappa shape index (κ3) is 7.20. The minimum Gasteiger partial charge on any atom is -0.0917 e. The van der Waals surface area contributed by atoms with Crippen molar-refractivity contribution in [2.75, 3.05) is 0 Å². The molecule has 1 atom stereocenters. The van der Waals surface area contributed by atoms with Crippen LogP contribution in [0.4, 0.5) is 0 Å². The zero-order valence-corrected chi connectivity index (χ0v) is 13.0. The first-order valence-electron chi connectivity index (χ1n) is 7.95. The summed E-state index contributed by atoms with van der Waals surface area (Å²) in [6, 6.07) is 9.23. The van der Waals surface area contributed by atoms with E-state index >= 15 is 0 Å². The number of aryl methyl sites for hydroxylation is 2. The van der Waals surface area contributed by atoms with Gasteiger partial charge < -0.3 is 0 Å². The van der Waals surface area contributed by atoms with Crippen molar-refractivity contribution in [2.45, 2.75) is 65.7 Å². The van der Waals surface area contributed by atoms with Gasteiger partial charge in [-0.3, -0.25) is 0 Å². The second-order valence-corrected chi connectivity index (χ2v) is 5.71. The lowest BCUT2D eigenvalue weighted by Gasteiger charge is -2.09. The summed E-state index contributed by atoms with van der Waals surface area (Å²) in [6.45, 7) is 6.75. The van der Waals surface area contributed by atoms with Crippen LogP contribution in [0.25, 0.3) is 0 Å². The number of rotatable bonds is 9. The molecule has 1 unspecified atom stereocenters. The summed E-state index contributed by atoms with van der Waals surface area (Å²) in [6.07, 6.45) is 13.3. The van der Waals surface area contributed by atoms with E-state index in [0.29, 0.717) is 0 Å². The largest absolute Gasteiger partial charge is 0.0917 e. The average Bonchev–Trinajstić information content (AvgIpc) is 2.41. The van der Waals surface area contributed by atoms with Gasteiger partial charge in [-0.05, 0) is 49.7 Å². The van der Waals surface area contributed by atoms with Gasteiger partial charge in [0, 0.05) is 0 Å². The smallest absolute Gasteiger partial charge is 0.0244 e. The monoisotopic (exact) mass is 258 g/mol. The topological polar surface area (TPSA) is 0 Å². The van der Waals surface area contributed by atoms with Gasteiger partial charge in [0.2, 0.25) is 0 Å². The standard InChI is InChI=1S/C19H30/c1-4-6-7-11-18-13-15-19(16-14-18)12-8-10-17(3)9-5-2/h4,6,13-17H,5,7-12H2,1-3H3. The number of hydrogen-bond acceptors (Lipinski definition) is 0. The predicted octanol–water partition coefficient (Wildman–Crippen LogP) is 5.95. The molecule has 0 aromatic heterocycles. The second-order valence-electron chi connectivity index (χ2n) is 5.71. The molecule has 19 heavy (non-hydrogen) atoms. The summed E-state index contributed by atoms with van der Waals surface area (Å²) >= 11 is 0. The zero-order chi connectivity index (χ0) is 13.9. The van der Waals surface area contributed by atoms with Crippen molar-refractivity contribution in [3.63, 3.8) is 0 Å². The summed E-state index contributed by atoms with van der Waals surface area (Å²) in [7, 11) is 0. The highest BCUT2D eigenvalue weighted by Crippen LogP contribution is 2.15. The van der Waals surface area contributed by atoms with Crippen molar-refractivity contribution in [3.8, 4) is 0 Å². The summed E-state index contributed by atoms with van der Waals surface area (Å²) in [4.78, 5) is 0. The van der Waals surface area contributed by atoms with E-state index in [0.717, 1.165) is 18.8 Å². The maximum atomic E-state index is 2.38. The maximum absolute atomic E-state index is 2.38. The van der Waals surface area contributed by atoms with Gasteiger partial charge in [0.15, 0.2) is 0 Å². The summed E-state index contributed by atoms with van der Waals surface area (Å²) in [5.41, 5.74) is 2.96. The summed E-state index contributed by atoms with van der Waals surface area (Å²) < 4.78 is 0. The Kier molecular flexibility index (Phi) is 8.29. The number of allylic oxidation sites excluding steroid dienone is 2. The van der Waals surface area contributed by atoms with Crippen LogP contribution in [0.2, 0.25) is 0 Å². The van der Waals surface area contributed by atoms with E-state index in [2.05, 4.69) is 57.2 Å². The van der Waals surface area contributed by atoms with Crippen molar-refractivity contribution < 1.29 is 0 Å². The molecular formula is C19H30. The Morgan fingerprint density at radius 1 is 1.00 bits per heavy atom. The molecule has 0 radical (unpaired) electrons. The first kappa shape index (κ1) is 16.0.